The van der Waals surface area contributed by atoms with E-state index >= 15 is 0 Å². The summed E-state index contributed by atoms with van der Waals surface area (Å²) in [5.41, 5.74) is 32.1. The Morgan fingerprint density at radius 2 is 0.731 bits per heavy atom. The van der Waals surface area contributed by atoms with Crippen LogP contribution in [0.1, 0.15) is 184 Å². The number of carboxylic acid groups (broad SMARTS) is 7. The van der Waals surface area contributed by atoms with Gasteiger partial charge >= 0.3 is 482 Å². The number of benzene rings is 16. The number of ketones is 1. The SMILES string of the molecule is Cc1ccc(N(c2ccc(C)cc2)c2ccc(C(=O)[O-])cc2)cc1.Cc1ccc2c(c1)C(=O)c1cc(C)c(C(=O)[O-])cc1-2.Cc1ccc2c(c1)C(C(=O)[O-])c1cc(C)c3ccccc3c1-2.Cc1ccc2c(c1)Cc1cc(C)c(C(=O)[O-])cc1-2.Cc1ccc2c(c1)Nc1cc(C)c(C(=O)[O-])cc1O2.Cc1ccc2c(c1)oc1cc(C)c(C(=O)[O-])cc12.Cc1ccc2c(c1)sc1cc(C)c(C(=O)[O-])cc12.[Cs+].[Cs+].[Cs+].[Cs+].[Cs+].[Cs+].[Cs+]. The maximum Gasteiger partial charge on any atom is 1.00 e. The molecule has 18 aromatic rings. The van der Waals surface area contributed by atoms with E-state index in [0.717, 1.165) is 150 Å². The van der Waals surface area contributed by atoms with E-state index in [9.17, 15) is 74.1 Å². The first kappa shape index (κ1) is 126. The number of aryl methyl sites for hydroxylation is 14. The summed E-state index contributed by atoms with van der Waals surface area (Å²) >= 11 is 1.70. The molecule has 4 aliphatic rings. The minimum absolute atomic E-state index is 0. The molecular formula is C118H91Cs7N2O17S. The quantitative estimate of drug-likeness (QED) is 0.167. The minimum atomic E-state index is -1.21. The number of hydrogen-bond donors (Lipinski definition) is 1. The fourth-order valence-electron chi connectivity index (χ4n) is 18.2. The fraction of sp³-hybridized carbons (Fsp3) is 0.136. The van der Waals surface area contributed by atoms with E-state index in [2.05, 4.69) is 129 Å². The van der Waals surface area contributed by atoms with Gasteiger partial charge in [-0.1, -0.05) is 179 Å². The second-order valence-corrected chi connectivity index (χ2v) is 36.6. The molecule has 0 amide bonds. The normalized spacial score (nSPS) is 11.5. The molecule has 145 heavy (non-hydrogen) atoms. The first-order chi connectivity index (χ1) is 65.8. The maximum absolute atomic E-state index is 12.3. The average Bonchev–Trinajstić information content (AvgIpc) is 1.57. The zero-order chi connectivity index (χ0) is 98.4. The second kappa shape index (κ2) is 55.4. The number of aliphatic carboxylic acids is 1. The molecule has 19 nitrogen and oxygen atoms in total. The standard InChI is InChI=1S/C21H19NO2.C20H16O2.C16H12O3.C16H14O2.C15H13NO3.C15H12O3.C15H12O2S.7Cs/c1-15-3-9-18(10-4-15)22(19-11-5-16(2)6-12-19)20-13-7-17(8-14-20)21(23)24;1-11-7-8-15-16(9-11)19(20(21)22)17-10-12(2)13-5-3-4-6-14(13)18(15)17;1-8-3-4-10-12-7-11(16(18)19)9(2)6-14(12)15(17)13(10)5-8;1-9-3-4-13-11(5-9)7-12-6-10(2)14(16(17)18)8-15(12)13;1-8-3-4-13-11(5-8)16-12-6-9(2)10(15(17)18)7-14(12)19-13;2*1-8-3-4-10-12-7-11(15(16)17)9(2)6-14(12)18-13(10)5-8;;;;;;;/h3-14H,1-2H3,(H,23,24);3-10,19H,1-2H3,(H,21,22);3-7H,1-2H3,(H,18,19);3-6,8H,7H2,1-2H3,(H,17,18);3-7,16H,1-2H3,(H,17,18);2*3-7H,1-2H3,(H,16,17);;;;;;;/q;;;;;;;7*+1/p-7. The smallest absolute Gasteiger partial charge is 0.549 e. The number of thiophene rings is 1. The molecule has 1 N–H and O–H groups in total. The van der Waals surface area contributed by atoms with Crippen LogP contribution in [0.4, 0.5) is 28.4 Å². The van der Waals surface area contributed by atoms with Gasteiger partial charge < -0.3 is 88.7 Å². The summed E-state index contributed by atoms with van der Waals surface area (Å²) in [5, 5.41) is 87.4. The van der Waals surface area contributed by atoms with Crippen LogP contribution in [0.2, 0.25) is 0 Å². The Hall–Kier alpha value is -2.48. The third kappa shape index (κ3) is 28.9. The number of fused-ring (bicyclic) bond motifs is 19. The van der Waals surface area contributed by atoms with Crippen molar-refractivity contribution < 1.29 is 566 Å². The summed E-state index contributed by atoms with van der Waals surface area (Å²) in [6.07, 6.45) is 0.889. The summed E-state index contributed by atoms with van der Waals surface area (Å²) < 4.78 is 13.8. The van der Waals surface area contributed by atoms with E-state index in [1.165, 1.54) is 49.5 Å². The Kier molecular flexibility index (Phi) is 48.2. The molecule has 1 atom stereocenters. The predicted octanol–water partition coefficient (Wildman–Crippen LogP) is -1.28. The van der Waals surface area contributed by atoms with Gasteiger partial charge in [0.25, 0.3) is 0 Å². The van der Waals surface area contributed by atoms with Crippen molar-refractivity contribution in [1.29, 1.82) is 0 Å². The Labute approximate surface area is 1260 Å². The van der Waals surface area contributed by atoms with Crippen LogP contribution in [-0.2, 0) is 11.2 Å². The van der Waals surface area contributed by atoms with Crippen LogP contribution in [0.25, 0.3) is 86.3 Å². The Morgan fingerprint density at radius 1 is 0.303 bits per heavy atom. The first-order valence-corrected chi connectivity index (χ1v) is 45.4. The number of nitrogens with zero attached hydrogens (tertiary/aromatic N) is 1. The van der Waals surface area contributed by atoms with Crippen molar-refractivity contribution >= 4 is 140 Å². The molecule has 0 saturated heterocycles. The number of aromatic carboxylic acids is 6. The molecule has 688 valence electrons. The van der Waals surface area contributed by atoms with E-state index in [1.807, 2.05) is 151 Å². The summed E-state index contributed by atoms with van der Waals surface area (Å²) in [7, 11) is 0. The van der Waals surface area contributed by atoms with Gasteiger partial charge in [-0.2, -0.15) is 0 Å². The minimum Gasteiger partial charge on any atom is -0.549 e. The van der Waals surface area contributed by atoms with Crippen molar-refractivity contribution in [2.24, 2.45) is 0 Å². The molecule has 3 aliphatic carbocycles. The number of carbonyl (C=O) groups excluding carboxylic acids is 8. The summed E-state index contributed by atoms with van der Waals surface area (Å²) in [6, 6.07) is 86.5. The van der Waals surface area contributed by atoms with Crippen LogP contribution in [0, 0.1) is 96.9 Å². The zero-order valence-electron chi connectivity index (χ0n) is 85.1. The summed E-state index contributed by atoms with van der Waals surface area (Å²) in [5.74, 6) is -7.50. The zero-order valence-corrected chi connectivity index (χ0v) is 130. The number of anilines is 5. The van der Waals surface area contributed by atoms with E-state index < -0.39 is 47.7 Å². The predicted molar refractivity (Wildman–Crippen MR) is 529 cm³/mol. The van der Waals surface area contributed by atoms with Gasteiger partial charge in [-0.05, 0) is 347 Å². The van der Waals surface area contributed by atoms with E-state index in [1.54, 1.807) is 106 Å². The number of rotatable bonds is 10. The van der Waals surface area contributed by atoms with E-state index in [-0.39, 0.29) is 516 Å². The first-order valence-electron chi connectivity index (χ1n) is 44.6. The van der Waals surface area contributed by atoms with Crippen molar-refractivity contribution in [3.05, 3.63) is 418 Å². The van der Waals surface area contributed by atoms with Gasteiger partial charge in [0.05, 0.1) is 53.2 Å². The Balaban J connectivity index is 0.000000187. The average molecular weight is 2770 g/mol. The summed E-state index contributed by atoms with van der Waals surface area (Å²) in [6.45, 7) is 26.9. The molecule has 0 saturated carbocycles. The molecule has 3 heterocycles. The van der Waals surface area contributed by atoms with Crippen LogP contribution in [0.5, 0.6) is 11.5 Å². The van der Waals surface area contributed by atoms with E-state index in [0.29, 0.717) is 56.0 Å². The molecule has 0 radical (unpaired) electrons. The van der Waals surface area contributed by atoms with Gasteiger partial charge in [0.2, 0.25) is 0 Å². The van der Waals surface area contributed by atoms with Crippen molar-refractivity contribution in [1.82, 2.24) is 0 Å². The number of hydrogen-bond acceptors (Lipinski definition) is 20. The molecule has 0 bridgehead atoms. The van der Waals surface area contributed by atoms with Crippen LogP contribution in [0.3, 0.4) is 0 Å². The molecule has 1 aliphatic heterocycles. The number of nitrogens with one attached hydrogen (secondary N) is 1. The molecular weight excluding hydrogens is 2680 g/mol. The molecule has 22 rings (SSSR count). The van der Waals surface area contributed by atoms with E-state index in [4.69, 9.17) is 9.15 Å². The third-order valence-electron chi connectivity index (χ3n) is 25.3. The monoisotopic (exact) mass is 2770 g/mol. The van der Waals surface area contributed by atoms with Gasteiger partial charge in [0.15, 0.2) is 17.3 Å². The van der Waals surface area contributed by atoms with Crippen LogP contribution < -0.4 is 533 Å². The molecule has 1 unspecified atom stereocenters. The molecule has 0 spiro atoms. The Morgan fingerprint density at radius 3 is 1.32 bits per heavy atom. The summed E-state index contributed by atoms with van der Waals surface area (Å²) in [4.78, 5) is 92.4. The number of carboxylic acids is 7. The molecule has 0 fully saturated rings. The van der Waals surface area contributed by atoms with Gasteiger partial charge in [0.1, 0.15) is 11.2 Å². The number of ether oxygens (including phenoxy) is 1. The van der Waals surface area contributed by atoms with Crippen molar-refractivity contribution in [2.45, 2.75) is 109 Å². The fourth-order valence-corrected chi connectivity index (χ4v) is 19.5. The van der Waals surface area contributed by atoms with Crippen molar-refractivity contribution in [2.75, 3.05) is 10.2 Å². The van der Waals surface area contributed by atoms with Crippen molar-refractivity contribution in [3.63, 3.8) is 0 Å². The van der Waals surface area contributed by atoms with Gasteiger partial charge in [-0.3, -0.25) is 4.79 Å². The Bertz CT molecular complexity index is 7960. The third-order valence-corrected chi connectivity index (χ3v) is 26.4. The van der Waals surface area contributed by atoms with Crippen molar-refractivity contribution in [3.8, 4) is 44.9 Å². The van der Waals surface area contributed by atoms with Gasteiger partial charge in [0, 0.05) is 92.9 Å². The maximum atomic E-state index is 12.3. The van der Waals surface area contributed by atoms with Gasteiger partial charge in [-0.25, -0.2) is 0 Å². The number of carbonyl (C=O) groups is 8. The number of furan rings is 1. The van der Waals surface area contributed by atoms with Crippen LogP contribution in [0.15, 0.2) is 277 Å². The largest absolute Gasteiger partial charge is 1.00 e. The molecule has 2 aromatic heterocycles. The topological polar surface area (TPSA) is 336 Å². The second-order valence-electron chi connectivity index (χ2n) is 35.5. The van der Waals surface area contributed by atoms with Crippen LogP contribution in [-0.4, -0.2) is 47.6 Å². The van der Waals surface area contributed by atoms with Gasteiger partial charge in [-0.15, -0.1) is 11.3 Å². The molecule has 27 heteroatoms. The van der Waals surface area contributed by atoms with Crippen LogP contribution >= 0.6 is 11.3 Å². The molecule has 16 aromatic carbocycles.